The van der Waals surface area contributed by atoms with E-state index in [2.05, 4.69) is 9.97 Å². The molecule has 2 saturated heterocycles. The van der Waals surface area contributed by atoms with Gasteiger partial charge in [0, 0.05) is 31.0 Å². The fourth-order valence-corrected chi connectivity index (χ4v) is 4.40. The summed E-state index contributed by atoms with van der Waals surface area (Å²) in [5.41, 5.74) is 1.63. The van der Waals surface area contributed by atoms with Gasteiger partial charge in [-0.25, -0.2) is 9.97 Å². The second kappa shape index (κ2) is 7.46. The van der Waals surface area contributed by atoms with Crippen molar-refractivity contribution >= 4 is 17.2 Å². The second-order valence-corrected chi connectivity index (χ2v) is 8.03. The van der Waals surface area contributed by atoms with Crippen molar-refractivity contribution in [2.24, 2.45) is 11.8 Å². The predicted molar refractivity (Wildman–Crippen MR) is 95.0 cm³/mol. The molecule has 4 rings (SSSR count). The lowest BCUT2D eigenvalue weighted by Crippen LogP contribution is -2.31. The monoisotopic (exact) mass is 377 g/mol. The summed E-state index contributed by atoms with van der Waals surface area (Å²) < 4.78 is 16.9. The van der Waals surface area contributed by atoms with Gasteiger partial charge in [0.15, 0.2) is 6.39 Å². The number of hydrogen-bond donors (Lipinski definition) is 0. The lowest BCUT2D eigenvalue weighted by atomic mass is 9.91. The first kappa shape index (κ1) is 17.6. The third-order valence-corrected chi connectivity index (χ3v) is 6.04. The van der Waals surface area contributed by atoms with Crippen LogP contribution in [0.25, 0.3) is 0 Å². The number of oxazole rings is 1. The van der Waals surface area contributed by atoms with Crippen molar-refractivity contribution in [2.75, 3.05) is 26.3 Å². The number of rotatable bonds is 6. The van der Waals surface area contributed by atoms with E-state index in [4.69, 9.17) is 13.9 Å². The van der Waals surface area contributed by atoms with Crippen LogP contribution in [0.2, 0.25) is 0 Å². The van der Waals surface area contributed by atoms with Gasteiger partial charge in [0.05, 0.1) is 35.7 Å². The number of amides is 1. The summed E-state index contributed by atoms with van der Waals surface area (Å²) in [6.45, 7) is 7.10. The summed E-state index contributed by atoms with van der Waals surface area (Å²) in [6.07, 6.45) is 2.38. The molecular formula is C18H23N3O4S. The van der Waals surface area contributed by atoms with Gasteiger partial charge in [0.25, 0.3) is 5.91 Å². The van der Waals surface area contributed by atoms with E-state index in [0.29, 0.717) is 49.6 Å². The molecule has 7 nitrogen and oxygen atoms in total. The van der Waals surface area contributed by atoms with Gasteiger partial charge in [0.1, 0.15) is 0 Å². The molecular weight excluding hydrogens is 354 g/mol. The molecule has 0 aliphatic carbocycles. The molecule has 0 N–H and O–H groups in total. The number of aryl methyl sites for hydroxylation is 2. The van der Waals surface area contributed by atoms with Crippen molar-refractivity contribution in [3.05, 3.63) is 33.9 Å². The van der Waals surface area contributed by atoms with Crippen LogP contribution in [0.4, 0.5) is 0 Å². The topological polar surface area (TPSA) is 77.7 Å². The third-order valence-electron chi connectivity index (χ3n) is 5.22. The molecule has 1 amide bonds. The van der Waals surface area contributed by atoms with Crippen LogP contribution in [0.3, 0.4) is 0 Å². The van der Waals surface area contributed by atoms with Crippen LogP contribution in [-0.2, 0) is 16.1 Å². The van der Waals surface area contributed by atoms with E-state index in [-0.39, 0.29) is 12.0 Å². The highest BCUT2D eigenvalue weighted by molar-refractivity contribution is 7.09. The minimum Gasteiger partial charge on any atom is -0.438 e. The Labute approximate surface area is 156 Å². The first-order chi connectivity index (χ1) is 12.6. The predicted octanol–water partition coefficient (Wildman–Crippen LogP) is 2.44. The van der Waals surface area contributed by atoms with Crippen molar-refractivity contribution < 1.29 is 18.7 Å². The van der Waals surface area contributed by atoms with E-state index in [1.807, 2.05) is 17.2 Å². The molecule has 0 aromatic carbocycles. The van der Waals surface area contributed by atoms with E-state index >= 15 is 0 Å². The van der Waals surface area contributed by atoms with E-state index in [1.54, 1.807) is 18.3 Å². The van der Waals surface area contributed by atoms with Crippen molar-refractivity contribution in [1.82, 2.24) is 14.9 Å². The number of ether oxygens (including phenoxy) is 2. The molecule has 2 fully saturated rings. The highest BCUT2D eigenvalue weighted by atomic mass is 32.1. The van der Waals surface area contributed by atoms with E-state index in [9.17, 15) is 4.79 Å². The van der Waals surface area contributed by atoms with E-state index in [0.717, 1.165) is 23.7 Å². The Morgan fingerprint density at radius 1 is 1.42 bits per heavy atom. The van der Waals surface area contributed by atoms with Crippen LogP contribution in [0, 0.1) is 25.7 Å². The highest BCUT2D eigenvalue weighted by Gasteiger charge is 2.45. The van der Waals surface area contributed by atoms with Crippen LogP contribution in [0.1, 0.15) is 33.4 Å². The molecule has 2 aromatic heterocycles. The number of aromatic nitrogens is 2. The van der Waals surface area contributed by atoms with E-state index in [1.165, 1.54) is 6.39 Å². The van der Waals surface area contributed by atoms with Crippen molar-refractivity contribution in [3.63, 3.8) is 0 Å². The molecule has 0 radical (unpaired) electrons. The van der Waals surface area contributed by atoms with E-state index < -0.39 is 0 Å². The highest BCUT2D eigenvalue weighted by Crippen LogP contribution is 2.36. The smallest absolute Gasteiger partial charge is 0.291 e. The Bertz CT molecular complexity index is 774. The summed E-state index contributed by atoms with van der Waals surface area (Å²) in [6, 6.07) is 0. The number of nitrogens with zero attached hydrogens (tertiary/aromatic N) is 3. The summed E-state index contributed by atoms with van der Waals surface area (Å²) in [7, 11) is 0. The second-order valence-electron chi connectivity index (χ2n) is 6.97. The minimum atomic E-state index is -0.0908. The fourth-order valence-electron chi connectivity index (χ4n) is 3.80. The average molecular weight is 377 g/mol. The molecule has 4 heterocycles. The molecule has 0 saturated carbocycles. The van der Waals surface area contributed by atoms with Crippen molar-refractivity contribution in [3.8, 4) is 0 Å². The fraction of sp³-hybridized carbons (Fsp3) is 0.611. The van der Waals surface area contributed by atoms with Crippen LogP contribution < -0.4 is 0 Å². The summed E-state index contributed by atoms with van der Waals surface area (Å²) >= 11 is 1.64. The molecule has 140 valence electrons. The van der Waals surface area contributed by atoms with Crippen molar-refractivity contribution in [1.29, 1.82) is 0 Å². The zero-order valence-corrected chi connectivity index (χ0v) is 15.8. The van der Waals surface area contributed by atoms with Crippen LogP contribution in [0.15, 0.2) is 16.2 Å². The largest absolute Gasteiger partial charge is 0.438 e. The summed E-state index contributed by atoms with van der Waals surface area (Å²) in [4.78, 5) is 22.8. The Balaban J connectivity index is 1.26. The maximum absolute atomic E-state index is 12.6. The van der Waals surface area contributed by atoms with Gasteiger partial charge in [-0.15, -0.1) is 11.3 Å². The van der Waals surface area contributed by atoms with Gasteiger partial charge in [-0.05, 0) is 26.2 Å². The number of likely N-dealkylation sites (tertiary alicyclic amines) is 1. The Kier molecular flexibility index (Phi) is 5.06. The Hall–Kier alpha value is -1.77. The maximum Gasteiger partial charge on any atom is 0.291 e. The molecule has 0 bridgehead atoms. The number of thiazole rings is 1. The summed E-state index contributed by atoms with van der Waals surface area (Å²) in [5.74, 6) is 1.04. The first-order valence-electron chi connectivity index (χ1n) is 8.91. The van der Waals surface area contributed by atoms with Crippen LogP contribution in [0.5, 0.6) is 0 Å². The molecule has 3 atom stereocenters. The van der Waals surface area contributed by atoms with Gasteiger partial charge in [0.2, 0.25) is 5.76 Å². The number of carbonyl (C=O) groups is 1. The lowest BCUT2D eigenvalue weighted by molar-refractivity contribution is 0.0623. The van der Waals surface area contributed by atoms with Gasteiger partial charge < -0.3 is 18.8 Å². The average Bonchev–Trinajstić information content (AvgIpc) is 3.37. The molecule has 2 aromatic rings. The molecule has 0 spiro atoms. The lowest BCUT2D eigenvalue weighted by Gasteiger charge is -2.19. The Morgan fingerprint density at radius 2 is 2.31 bits per heavy atom. The molecule has 0 unspecified atom stereocenters. The number of hydrogen-bond acceptors (Lipinski definition) is 7. The number of carbonyl (C=O) groups excluding carboxylic acids is 1. The zero-order valence-electron chi connectivity index (χ0n) is 15.0. The van der Waals surface area contributed by atoms with Crippen LogP contribution in [-0.4, -0.2) is 53.2 Å². The quantitative estimate of drug-likeness (QED) is 0.720. The van der Waals surface area contributed by atoms with Crippen LogP contribution >= 0.6 is 11.3 Å². The van der Waals surface area contributed by atoms with Crippen molar-refractivity contribution in [2.45, 2.75) is 33.0 Å². The van der Waals surface area contributed by atoms with Gasteiger partial charge >= 0.3 is 0 Å². The summed E-state index contributed by atoms with van der Waals surface area (Å²) in [5, 5.41) is 3.10. The molecule has 8 heteroatoms. The number of fused-ring (bicyclic) bond motifs is 1. The SMILES string of the molecule is Cc1nc(COCC[C@H]2CO[C@H]3CN(C(=O)c4ocnc4C)C[C@@H]23)cs1. The maximum atomic E-state index is 12.6. The molecule has 2 aliphatic rings. The third kappa shape index (κ3) is 3.54. The molecule has 26 heavy (non-hydrogen) atoms. The molecule has 2 aliphatic heterocycles. The minimum absolute atomic E-state index is 0.0908. The Morgan fingerprint density at radius 3 is 3.04 bits per heavy atom. The van der Waals surface area contributed by atoms with Gasteiger partial charge in [-0.1, -0.05) is 0 Å². The van der Waals surface area contributed by atoms with Gasteiger partial charge in [-0.3, -0.25) is 4.79 Å². The zero-order chi connectivity index (χ0) is 18.1. The first-order valence-corrected chi connectivity index (χ1v) is 9.79. The van der Waals surface area contributed by atoms with Gasteiger partial charge in [-0.2, -0.15) is 0 Å². The standard InChI is InChI=1S/C18H23N3O4S/c1-11-17(25-10-19-11)18(22)21-5-15-13(7-24-16(15)6-21)3-4-23-8-14-9-26-12(2)20-14/h9-10,13,15-16H,3-8H2,1-2H3/t13-,15-,16-/m0/s1. The normalized spacial score (nSPS) is 25.0.